The van der Waals surface area contributed by atoms with E-state index in [1.807, 2.05) is 13.2 Å². The Kier molecular flexibility index (Phi) is 3.28. The van der Waals surface area contributed by atoms with Crippen molar-refractivity contribution in [3.05, 3.63) is 30.5 Å². The Balaban J connectivity index is 1.99. The summed E-state index contributed by atoms with van der Waals surface area (Å²) >= 11 is 0. The molecule has 0 saturated carbocycles. The van der Waals surface area contributed by atoms with Gasteiger partial charge in [-0.05, 0) is 48.4 Å². The molecule has 1 aliphatic heterocycles. The summed E-state index contributed by atoms with van der Waals surface area (Å²) in [7, 11) is 1.95. The number of pyridine rings is 1. The van der Waals surface area contributed by atoms with E-state index in [0.29, 0.717) is 0 Å². The zero-order valence-electron chi connectivity index (χ0n) is 11.7. The summed E-state index contributed by atoms with van der Waals surface area (Å²) in [6.07, 6.45) is 4.47. The Morgan fingerprint density at radius 3 is 2.74 bits per heavy atom. The first-order valence-corrected chi connectivity index (χ1v) is 7.09. The average molecular weight is 255 g/mol. The highest BCUT2D eigenvalue weighted by Gasteiger charge is 2.18. The monoisotopic (exact) mass is 255 g/mol. The van der Waals surface area contributed by atoms with Crippen LogP contribution in [-0.2, 0) is 0 Å². The SMILES string of the molecule is CNc1ccc2c(N3CCC(C)CC3)nccc2c1. The molecule has 3 heteroatoms. The Hall–Kier alpha value is -1.77. The molecule has 3 nitrogen and oxygen atoms in total. The molecule has 1 fully saturated rings. The van der Waals surface area contributed by atoms with E-state index in [9.17, 15) is 0 Å². The fourth-order valence-electron chi connectivity index (χ4n) is 2.79. The van der Waals surface area contributed by atoms with Crippen LogP contribution < -0.4 is 10.2 Å². The summed E-state index contributed by atoms with van der Waals surface area (Å²) in [5.41, 5.74) is 1.15. The summed E-state index contributed by atoms with van der Waals surface area (Å²) in [6, 6.07) is 8.58. The highest BCUT2D eigenvalue weighted by atomic mass is 15.2. The largest absolute Gasteiger partial charge is 0.388 e. The van der Waals surface area contributed by atoms with Crippen LogP contribution >= 0.6 is 0 Å². The van der Waals surface area contributed by atoms with Gasteiger partial charge >= 0.3 is 0 Å². The molecule has 0 aliphatic carbocycles. The molecule has 3 rings (SSSR count). The minimum atomic E-state index is 0.849. The summed E-state index contributed by atoms with van der Waals surface area (Å²) < 4.78 is 0. The lowest BCUT2D eigenvalue weighted by molar-refractivity contribution is 0.437. The number of rotatable bonds is 2. The predicted molar refractivity (Wildman–Crippen MR) is 81.9 cm³/mol. The molecular weight excluding hydrogens is 234 g/mol. The number of nitrogens with one attached hydrogen (secondary N) is 1. The molecule has 19 heavy (non-hydrogen) atoms. The Morgan fingerprint density at radius 1 is 1.21 bits per heavy atom. The van der Waals surface area contributed by atoms with Gasteiger partial charge in [0.25, 0.3) is 0 Å². The molecule has 100 valence electrons. The van der Waals surface area contributed by atoms with Crippen LogP contribution in [0.5, 0.6) is 0 Å². The third-order valence-corrected chi connectivity index (χ3v) is 4.12. The number of hydrogen-bond donors (Lipinski definition) is 1. The molecule has 1 aliphatic rings. The highest BCUT2D eigenvalue weighted by Crippen LogP contribution is 2.29. The van der Waals surface area contributed by atoms with Crippen LogP contribution in [0.15, 0.2) is 30.5 Å². The van der Waals surface area contributed by atoms with Gasteiger partial charge in [0, 0.05) is 37.4 Å². The van der Waals surface area contributed by atoms with E-state index in [2.05, 4.69) is 46.4 Å². The first kappa shape index (κ1) is 12.3. The normalized spacial score (nSPS) is 16.8. The molecule has 0 atom stereocenters. The fourth-order valence-corrected chi connectivity index (χ4v) is 2.79. The van der Waals surface area contributed by atoms with E-state index < -0.39 is 0 Å². The summed E-state index contributed by atoms with van der Waals surface area (Å²) in [6.45, 7) is 4.59. The molecule has 2 heterocycles. The molecule has 0 unspecified atom stereocenters. The second kappa shape index (κ2) is 5.08. The third kappa shape index (κ3) is 2.37. The maximum Gasteiger partial charge on any atom is 0.136 e. The number of fused-ring (bicyclic) bond motifs is 1. The number of benzene rings is 1. The molecule has 0 bridgehead atoms. The van der Waals surface area contributed by atoms with Crippen LogP contribution in [0.2, 0.25) is 0 Å². The molecule has 0 spiro atoms. The van der Waals surface area contributed by atoms with Crippen molar-refractivity contribution in [2.45, 2.75) is 19.8 Å². The van der Waals surface area contributed by atoms with Gasteiger partial charge in [-0.3, -0.25) is 0 Å². The van der Waals surface area contributed by atoms with Crippen molar-refractivity contribution < 1.29 is 0 Å². The first-order chi connectivity index (χ1) is 9.28. The second-order valence-corrected chi connectivity index (χ2v) is 5.49. The van der Waals surface area contributed by atoms with E-state index in [0.717, 1.165) is 30.5 Å². The molecule has 1 aromatic carbocycles. The van der Waals surface area contributed by atoms with Crippen LogP contribution in [0.3, 0.4) is 0 Å². The Morgan fingerprint density at radius 2 is 2.00 bits per heavy atom. The topological polar surface area (TPSA) is 28.2 Å². The quantitative estimate of drug-likeness (QED) is 0.890. The number of piperidine rings is 1. The smallest absolute Gasteiger partial charge is 0.136 e. The van der Waals surface area contributed by atoms with Crippen molar-refractivity contribution in [2.24, 2.45) is 5.92 Å². The maximum atomic E-state index is 4.62. The molecule has 1 N–H and O–H groups in total. The van der Waals surface area contributed by atoms with Crippen molar-refractivity contribution in [3.63, 3.8) is 0 Å². The summed E-state index contributed by atoms with van der Waals surface area (Å²) in [5.74, 6) is 1.99. The van der Waals surface area contributed by atoms with Gasteiger partial charge in [0.1, 0.15) is 5.82 Å². The standard InChI is InChI=1S/C16H21N3/c1-12-6-9-19(10-7-12)16-15-4-3-14(17-2)11-13(15)5-8-18-16/h3-5,8,11-12,17H,6-7,9-10H2,1-2H3. The second-order valence-electron chi connectivity index (χ2n) is 5.49. The zero-order valence-corrected chi connectivity index (χ0v) is 11.7. The third-order valence-electron chi connectivity index (χ3n) is 4.12. The summed E-state index contributed by atoms with van der Waals surface area (Å²) in [5, 5.41) is 5.71. The minimum absolute atomic E-state index is 0.849. The van der Waals surface area contributed by atoms with E-state index in [-0.39, 0.29) is 0 Å². The van der Waals surface area contributed by atoms with Crippen molar-refractivity contribution in [2.75, 3.05) is 30.4 Å². The van der Waals surface area contributed by atoms with Crippen molar-refractivity contribution >= 4 is 22.3 Å². The zero-order chi connectivity index (χ0) is 13.2. The van der Waals surface area contributed by atoms with E-state index in [4.69, 9.17) is 0 Å². The lowest BCUT2D eigenvalue weighted by Crippen LogP contribution is -2.33. The van der Waals surface area contributed by atoms with Crippen LogP contribution in [0.4, 0.5) is 11.5 Å². The van der Waals surface area contributed by atoms with E-state index in [1.54, 1.807) is 0 Å². The van der Waals surface area contributed by atoms with Crippen LogP contribution in [-0.4, -0.2) is 25.1 Å². The van der Waals surface area contributed by atoms with Gasteiger partial charge in [-0.25, -0.2) is 4.98 Å². The van der Waals surface area contributed by atoms with E-state index >= 15 is 0 Å². The van der Waals surface area contributed by atoms with Gasteiger partial charge < -0.3 is 10.2 Å². The number of hydrogen-bond acceptors (Lipinski definition) is 3. The predicted octanol–water partition coefficient (Wildman–Crippen LogP) is 3.51. The van der Waals surface area contributed by atoms with Crippen molar-refractivity contribution in [3.8, 4) is 0 Å². The van der Waals surface area contributed by atoms with Gasteiger partial charge in [-0.15, -0.1) is 0 Å². The number of nitrogens with zero attached hydrogens (tertiary/aromatic N) is 2. The van der Waals surface area contributed by atoms with Crippen LogP contribution in [0, 0.1) is 5.92 Å². The Labute approximate surface area is 114 Å². The highest BCUT2D eigenvalue weighted by molar-refractivity contribution is 5.94. The van der Waals surface area contributed by atoms with Crippen molar-refractivity contribution in [1.29, 1.82) is 0 Å². The van der Waals surface area contributed by atoms with E-state index in [1.165, 1.54) is 23.6 Å². The fraction of sp³-hybridized carbons (Fsp3) is 0.438. The maximum absolute atomic E-state index is 4.62. The molecule has 1 saturated heterocycles. The lowest BCUT2D eigenvalue weighted by atomic mass is 9.99. The van der Waals surface area contributed by atoms with Gasteiger partial charge in [-0.1, -0.05) is 6.92 Å². The van der Waals surface area contributed by atoms with Crippen molar-refractivity contribution in [1.82, 2.24) is 4.98 Å². The molecule has 1 aromatic heterocycles. The first-order valence-electron chi connectivity index (χ1n) is 7.09. The number of aromatic nitrogens is 1. The molecule has 0 radical (unpaired) electrons. The molecular formula is C16H21N3. The minimum Gasteiger partial charge on any atom is -0.388 e. The van der Waals surface area contributed by atoms with Gasteiger partial charge in [0.15, 0.2) is 0 Å². The molecule has 0 amide bonds. The Bertz CT molecular complexity index is 571. The van der Waals surface area contributed by atoms with Crippen LogP contribution in [0.1, 0.15) is 19.8 Å². The van der Waals surface area contributed by atoms with Gasteiger partial charge in [-0.2, -0.15) is 0 Å². The molecule has 2 aromatic rings. The average Bonchev–Trinajstić information content (AvgIpc) is 2.47. The van der Waals surface area contributed by atoms with Gasteiger partial charge in [0.2, 0.25) is 0 Å². The lowest BCUT2D eigenvalue weighted by Gasteiger charge is -2.31. The number of anilines is 2. The van der Waals surface area contributed by atoms with Gasteiger partial charge in [0.05, 0.1) is 0 Å². The summed E-state index contributed by atoms with van der Waals surface area (Å²) in [4.78, 5) is 7.05. The van der Waals surface area contributed by atoms with Crippen LogP contribution in [0.25, 0.3) is 10.8 Å².